The van der Waals surface area contributed by atoms with Gasteiger partial charge in [-0.2, -0.15) is 0 Å². The summed E-state index contributed by atoms with van der Waals surface area (Å²) >= 11 is 0. The van der Waals surface area contributed by atoms with Gasteiger partial charge in [0.1, 0.15) is 0 Å². The van der Waals surface area contributed by atoms with Crippen LogP contribution in [0.1, 0.15) is 26.3 Å². The topological polar surface area (TPSA) is 0 Å². The fraction of sp³-hybridized carbons (Fsp3) is 0.0800. The molecule has 0 nitrogen and oxygen atoms in total. The van der Waals surface area contributed by atoms with Crippen molar-refractivity contribution in [2.75, 3.05) is 0 Å². The lowest BCUT2D eigenvalue weighted by atomic mass is 9.79. The minimum absolute atomic E-state index is 0.00687. The molecule has 0 spiro atoms. The minimum atomic E-state index is 0.00687. The zero-order valence-corrected chi connectivity index (χ0v) is 28.4. The van der Waals surface area contributed by atoms with Crippen molar-refractivity contribution in [1.82, 2.24) is 0 Å². The number of hydrogen-bond acceptors (Lipinski definition) is 0. The minimum Gasteiger partial charge on any atom is -0.0616 e. The third kappa shape index (κ3) is 3.71. The van der Waals surface area contributed by atoms with E-state index in [1.54, 1.807) is 0 Å². The lowest BCUT2D eigenvalue weighted by Crippen LogP contribution is -2.10. The smallest absolute Gasteiger partial charge is 0.00200 e. The van der Waals surface area contributed by atoms with Crippen molar-refractivity contribution in [3.63, 3.8) is 0 Å². The summed E-state index contributed by atoms with van der Waals surface area (Å²) < 4.78 is 0. The first-order chi connectivity index (χ1) is 24.4. The van der Waals surface area contributed by atoms with Crippen LogP contribution in [0.2, 0.25) is 0 Å². The molecule has 0 heteroatoms. The first-order valence-electron chi connectivity index (χ1n) is 17.8. The maximum atomic E-state index is 2.49. The molecule has 11 aromatic rings. The number of hydrogen-bond donors (Lipinski definition) is 0. The van der Waals surface area contributed by atoms with Crippen molar-refractivity contribution in [1.29, 1.82) is 0 Å². The van der Waals surface area contributed by atoms with Crippen molar-refractivity contribution in [3.05, 3.63) is 157 Å². The summed E-state index contributed by atoms with van der Waals surface area (Å²) in [5.41, 5.74) is 6.58. The molecule has 0 atom stereocenters. The van der Waals surface area contributed by atoms with Crippen LogP contribution in [0.5, 0.6) is 0 Å². The molecule has 11 aromatic carbocycles. The fourth-order valence-electron chi connectivity index (χ4n) is 9.13. The van der Waals surface area contributed by atoms with E-state index in [1.807, 2.05) is 0 Å². The van der Waals surface area contributed by atoms with E-state index in [0.29, 0.717) is 0 Å². The Morgan fingerprint density at radius 1 is 0.300 bits per heavy atom. The van der Waals surface area contributed by atoms with Crippen LogP contribution in [0.4, 0.5) is 0 Å². The Balaban J connectivity index is 1.33. The molecule has 0 radical (unpaired) electrons. The summed E-state index contributed by atoms with van der Waals surface area (Å²) in [6.45, 7) is 6.98. The van der Waals surface area contributed by atoms with Gasteiger partial charge in [0, 0.05) is 0 Å². The van der Waals surface area contributed by atoms with E-state index >= 15 is 0 Å². The average molecular weight is 635 g/mol. The number of fused-ring (bicyclic) bond motifs is 2. The molecule has 0 aliphatic rings. The van der Waals surface area contributed by atoms with Gasteiger partial charge >= 0.3 is 0 Å². The Hall–Kier alpha value is -5.98. The van der Waals surface area contributed by atoms with Crippen LogP contribution < -0.4 is 0 Å². The highest BCUT2D eigenvalue weighted by atomic mass is 14.3. The second kappa shape index (κ2) is 9.80. The third-order valence-electron chi connectivity index (χ3n) is 11.5. The van der Waals surface area contributed by atoms with Gasteiger partial charge in [0.25, 0.3) is 0 Å². The first kappa shape index (κ1) is 27.9. The van der Waals surface area contributed by atoms with Gasteiger partial charge in [-0.25, -0.2) is 0 Å². The largest absolute Gasteiger partial charge is 0.0616 e. The summed E-state index contributed by atoms with van der Waals surface area (Å²) in [6, 6.07) is 57.7. The highest BCUT2D eigenvalue weighted by Crippen LogP contribution is 2.50. The highest BCUT2D eigenvalue weighted by molar-refractivity contribution is 6.32. The Bertz CT molecular complexity index is 3140. The van der Waals surface area contributed by atoms with Gasteiger partial charge in [0.15, 0.2) is 0 Å². The normalized spacial score (nSPS) is 12.7. The van der Waals surface area contributed by atoms with Crippen LogP contribution in [-0.2, 0) is 5.41 Å². The van der Waals surface area contributed by atoms with Crippen molar-refractivity contribution in [2.24, 2.45) is 0 Å². The Labute approximate surface area is 290 Å². The molecule has 0 heterocycles. The second-order valence-electron chi connectivity index (χ2n) is 15.2. The van der Waals surface area contributed by atoms with Crippen molar-refractivity contribution >= 4 is 86.2 Å². The van der Waals surface area contributed by atoms with E-state index in [1.165, 1.54) is 114 Å². The van der Waals surface area contributed by atoms with Crippen molar-refractivity contribution in [2.45, 2.75) is 26.2 Å². The summed E-state index contributed by atoms with van der Waals surface area (Å²) in [4.78, 5) is 0. The Kier molecular flexibility index (Phi) is 5.47. The molecule has 0 bridgehead atoms. The summed E-state index contributed by atoms with van der Waals surface area (Å²) in [7, 11) is 0. The lowest BCUT2D eigenvalue weighted by Gasteiger charge is -2.24. The summed E-state index contributed by atoms with van der Waals surface area (Å²) in [5.74, 6) is 0. The monoisotopic (exact) mass is 634 g/mol. The van der Waals surface area contributed by atoms with Gasteiger partial charge in [-0.05, 0) is 125 Å². The van der Waals surface area contributed by atoms with E-state index in [9.17, 15) is 0 Å². The van der Waals surface area contributed by atoms with Gasteiger partial charge in [-0.3, -0.25) is 0 Å². The molecule has 50 heavy (non-hydrogen) atoms. The standard InChI is InChI=1S/C50H34/c1-50(2,3)35-22-27-42-43(28-35)49(41-26-21-34-17-15-30-9-7-11-32-19-24-39(41)47(34)45(30)32)37-13-5-4-12-36(37)48(42)40-25-20-33-16-14-29-8-6-10-31-18-23-38(40)46(33)44(29)31/h4-28H,1-3H3. The number of benzene rings is 11. The highest BCUT2D eigenvalue weighted by Gasteiger charge is 2.23. The quantitative estimate of drug-likeness (QED) is 0.131. The van der Waals surface area contributed by atoms with Crippen molar-refractivity contribution < 1.29 is 0 Å². The van der Waals surface area contributed by atoms with Gasteiger partial charge in [-0.15, -0.1) is 0 Å². The van der Waals surface area contributed by atoms with Gasteiger partial charge < -0.3 is 0 Å². The molecule has 0 fully saturated rings. The Morgan fingerprint density at radius 2 is 0.680 bits per heavy atom. The zero-order chi connectivity index (χ0) is 33.3. The third-order valence-corrected chi connectivity index (χ3v) is 11.5. The fourth-order valence-corrected chi connectivity index (χ4v) is 9.13. The van der Waals surface area contributed by atoms with Crippen molar-refractivity contribution in [3.8, 4) is 22.3 Å². The predicted octanol–water partition coefficient (Wildman–Crippen LogP) is 14.4. The van der Waals surface area contributed by atoms with E-state index in [4.69, 9.17) is 0 Å². The molecule has 0 saturated carbocycles. The van der Waals surface area contributed by atoms with E-state index in [-0.39, 0.29) is 5.41 Å². The van der Waals surface area contributed by atoms with Gasteiger partial charge in [-0.1, -0.05) is 166 Å². The molecular weight excluding hydrogens is 601 g/mol. The average Bonchev–Trinajstić information content (AvgIpc) is 3.14. The molecule has 0 unspecified atom stereocenters. The molecule has 0 amide bonds. The maximum absolute atomic E-state index is 2.49. The van der Waals surface area contributed by atoms with Crippen LogP contribution >= 0.6 is 0 Å². The zero-order valence-electron chi connectivity index (χ0n) is 28.4. The molecule has 0 N–H and O–H groups in total. The molecule has 0 aliphatic heterocycles. The first-order valence-corrected chi connectivity index (χ1v) is 17.8. The molecule has 0 saturated heterocycles. The molecule has 0 aromatic heterocycles. The van der Waals surface area contributed by atoms with Crippen LogP contribution in [0, 0.1) is 0 Å². The molecule has 0 aliphatic carbocycles. The van der Waals surface area contributed by atoms with Gasteiger partial charge in [0.2, 0.25) is 0 Å². The maximum Gasteiger partial charge on any atom is -0.00200 e. The summed E-state index contributed by atoms with van der Waals surface area (Å²) in [6.07, 6.45) is 0. The van der Waals surface area contributed by atoms with Crippen LogP contribution in [0.25, 0.3) is 108 Å². The molecule has 11 rings (SSSR count). The predicted molar refractivity (Wildman–Crippen MR) is 218 cm³/mol. The summed E-state index contributed by atoms with van der Waals surface area (Å²) in [5, 5.41) is 21.0. The Morgan fingerprint density at radius 3 is 1.16 bits per heavy atom. The SMILES string of the molecule is CC(C)(C)c1ccc2c(-c3ccc4ccc5cccc6ccc3c4c56)c3ccccc3c(-c3ccc4ccc5cccc6ccc3c4c56)c2c1. The van der Waals surface area contributed by atoms with Crippen LogP contribution in [-0.4, -0.2) is 0 Å². The van der Waals surface area contributed by atoms with E-state index in [2.05, 4.69) is 172 Å². The number of rotatable bonds is 2. The molecule has 234 valence electrons. The van der Waals surface area contributed by atoms with E-state index in [0.717, 1.165) is 0 Å². The second-order valence-corrected chi connectivity index (χ2v) is 15.2. The van der Waals surface area contributed by atoms with Crippen LogP contribution in [0.3, 0.4) is 0 Å². The van der Waals surface area contributed by atoms with Crippen LogP contribution in [0.15, 0.2) is 152 Å². The lowest BCUT2D eigenvalue weighted by molar-refractivity contribution is 0.591. The molecular formula is C50H34. The van der Waals surface area contributed by atoms with E-state index < -0.39 is 0 Å². The van der Waals surface area contributed by atoms with Gasteiger partial charge in [0.05, 0.1) is 0 Å².